The highest BCUT2D eigenvalue weighted by atomic mass is 31.2. The summed E-state index contributed by atoms with van der Waals surface area (Å²) in [6, 6.07) is 8.83. The fourth-order valence-electron chi connectivity index (χ4n) is 2.60. The molecule has 0 heterocycles. The van der Waals surface area contributed by atoms with Gasteiger partial charge in [-0.15, -0.1) is 0 Å². The molecule has 0 aliphatic rings. The number of carbonyl (C=O) groups excluding carboxylic acids is 1. The van der Waals surface area contributed by atoms with Crippen LogP contribution in [-0.2, 0) is 32.0 Å². The van der Waals surface area contributed by atoms with Crippen LogP contribution in [0.5, 0.6) is 0 Å². The molecule has 1 N–H and O–H groups in total. The fraction of sp³-hybridized carbons (Fsp3) is 0.611. The average molecular weight is 435 g/mol. The lowest BCUT2D eigenvalue weighted by atomic mass is 10.2. The maximum Gasteiger partial charge on any atom is 0.331 e. The number of rotatable bonds is 14. The van der Waals surface area contributed by atoms with Crippen LogP contribution in [0.1, 0.15) is 27.7 Å². The molecule has 0 aliphatic carbocycles. The molecular weight excluding hydrogens is 404 g/mol. The van der Waals surface area contributed by atoms with Gasteiger partial charge in [-0.1, -0.05) is 18.2 Å². The highest BCUT2D eigenvalue weighted by Gasteiger charge is 2.38. The van der Waals surface area contributed by atoms with Crippen LogP contribution in [-0.4, -0.2) is 44.7 Å². The first-order chi connectivity index (χ1) is 13.3. The molecule has 0 fully saturated rings. The second-order valence-corrected chi connectivity index (χ2v) is 10.0. The van der Waals surface area contributed by atoms with Crippen molar-refractivity contribution in [2.45, 2.75) is 27.7 Å². The van der Waals surface area contributed by atoms with Crippen molar-refractivity contribution in [2.75, 3.05) is 44.1 Å². The summed E-state index contributed by atoms with van der Waals surface area (Å²) < 4.78 is 47.2. The molecule has 1 aromatic rings. The molecule has 0 saturated heterocycles. The second kappa shape index (κ2) is 12.5. The van der Waals surface area contributed by atoms with E-state index in [9.17, 15) is 13.9 Å². The van der Waals surface area contributed by atoms with Crippen LogP contribution in [0.25, 0.3) is 0 Å². The first-order valence-corrected chi connectivity index (χ1v) is 12.9. The van der Waals surface area contributed by atoms with Gasteiger partial charge in [0.25, 0.3) is 0 Å². The molecule has 0 spiro atoms. The second-order valence-electron chi connectivity index (χ2n) is 5.81. The van der Waals surface area contributed by atoms with E-state index in [-0.39, 0.29) is 38.8 Å². The zero-order chi connectivity index (χ0) is 21.0. The van der Waals surface area contributed by atoms with Gasteiger partial charge >= 0.3 is 15.2 Å². The van der Waals surface area contributed by atoms with E-state index in [1.165, 1.54) is 0 Å². The minimum atomic E-state index is -3.55. The molecule has 1 rings (SSSR count). The average Bonchev–Trinajstić information content (AvgIpc) is 2.62. The number of benzene rings is 1. The van der Waals surface area contributed by atoms with Gasteiger partial charge in [0.15, 0.2) is 0 Å². The van der Waals surface area contributed by atoms with Crippen molar-refractivity contribution in [3.63, 3.8) is 0 Å². The zero-order valence-corrected chi connectivity index (χ0v) is 18.7. The summed E-state index contributed by atoms with van der Waals surface area (Å²) >= 11 is 0. The predicted molar refractivity (Wildman–Crippen MR) is 110 cm³/mol. The van der Waals surface area contributed by atoms with E-state index >= 15 is 0 Å². The Morgan fingerprint density at radius 3 is 1.57 bits per heavy atom. The third kappa shape index (κ3) is 8.56. The summed E-state index contributed by atoms with van der Waals surface area (Å²) in [6.45, 7) is 7.42. The topological polar surface area (TPSA) is 100 Å². The number of hydrogen-bond donors (Lipinski definition) is 1. The molecule has 0 aliphatic heterocycles. The molecule has 0 atom stereocenters. The van der Waals surface area contributed by atoms with E-state index in [1.54, 1.807) is 52.0 Å². The van der Waals surface area contributed by atoms with Gasteiger partial charge in [-0.05, 0) is 39.8 Å². The first kappa shape index (κ1) is 25.0. The molecule has 160 valence electrons. The van der Waals surface area contributed by atoms with Gasteiger partial charge in [-0.25, -0.2) is 0 Å². The van der Waals surface area contributed by atoms with Crippen LogP contribution in [0.3, 0.4) is 0 Å². The highest BCUT2D eigenvalue weighted by Crippen LogP contribution is 2.55. The molecule has 1 aromatic carbocycles. The number of anilines is 1. The molecule has 1 amide bonds. The Labute approximate surface area is 167 Å². The predicted octanol–water partition coefficient (Wildman–Crippen LogP) is 4.77. The smallest absolute Gasteiger partial charge is 0.326 e. The molecule has 0 radical (unpaired) electrons. The van der Waals surface area contributed by atoms with Gasteiger partial charge in [-0.2, -0.15) is 0 Å². The van der Waals surface area contributed by atoms with Gasteiger partial charge in [0, 0.05) is 5.69 Å². The summed E-state index contributed by atoms with van der Waals surface area (Å²) in [5.41, 5.74) is 0.572. The summed E-state index contributed by atoms with van der Waals surface area (Å²) in [7, 11) is -7.10. The van der Waals surface area contributed by atoms with Gasteiger partial charge < -0.3 is 23.4 Å². The molecule has 0 bridgehead atoms. The Morgan fingerprint density at radius 2 is 1.21 bits per heavy atom. The zero-order valence-electron chi connectivity index (χ0n) is 17.0. The Bertz CT molecular complexity index is 632. The van der Waals surface area contributed by atoms with E-state index in [2.05, 4.69) is 5.32 Å². The lowest BCUT2D eigenvalue weighted by molar-refractivity contribution is -0.118. The lowest BCUT2D eigenvalue weighted by Crippen LogP contribution is -2.30. The fourth-order valence-corrected chi connectivity index (χ4v) is 6.62. The SMILES string of the molecule is CCOP(=O)(CC(CP(=O)(OCC)OCC)C(=O)Nc1ccccc1)OCC. The summed E-state index contributed by atoms with van der Waals surface area (Å²) in [6.07, 6.45) is -0.449. The van der Waals surface area contributed by atoms with Gasteiger partial charge in [0.1, 0.15) is 0 Å². The Kier molecular flexibility index (Phi) is 11.2. The van der Waals surface area contributed by atoms with Crippen molar-refractivity contribution in [3.05, 3.63) is 30.3 Å². The number of nitrogens with one attached hydrogen (secondary N) is 1. The van der Waals surface area contributed by atoms with E-state index in [0.29, 0.717) is 5.69 Å². The first-order valence-electron chi connectivity index (χ1n) is 9.43. The van der Waals surface area contributed by atoms with E-state index in [1.807, 2.05) is 6.07 Å². The lowest BCUT2D eigenvalue weighted by Gasteiger charge is -2.25. The molecule has 28 heavy (non-hydrogen) atoms. The van der Waals surface area contributed by atoms with Crippen LogP contribution in [0.2, 0.25) is 0 Å². The summed E-state index contributed by atoms with van der Waals surface area (Å²) in [4.78, 5) is 12.9. The molecule has 0 unspecified atom stereocenters. The van der Waals surface area contributed by atoms with Crippen molar-refractivity contribution < 1.29 is 32.0 Å². The van der Waals surface area contributed by atoms with Gasteiger partial charge in [-0.3, -0.25) is 13.9 Å². The third-order valence-corrected chi connectivity index (χ3v) is 7.99. The van der Waals surface area contributed by atoms with Crippen LogP contribution < -0.4 is 5.32 Å². The van der Waals surface area contributed by atoms with Crippen LogP contribution in [0, 0.1) is 5.92 Å². The Morgan fingerprint density at radius 1 is 0.821 bits per heavy atom. The number of hydrogen-bond acceptors (Lipinski definition) is 7. The number of amides is 1. The Hall–Kier alpha value is -1.01. The number of carbonyl (C=O) groups is 1. The Balaban J connectivity index is 3.11. The highest BCUT2D eigenvalue weighted by molar-refractivity contribution is 7.55. The van der Waals surface area contributed by atoms with Crippen LogP contribution in [0.4, 0.5) is 5.69 Å². The maximum atomic E-state index is 13.0. The van der Waals surface area contributed by atoms with E-state index in [4.69, 9.17) is 18.1 Å². The van der Waals surface area contributed by atoms with Crippen LogP contribution >= 0.6 is 15.2 Å². The third-order valence-electron chi connectivity index (χ3n) is 3.60. The van der Waals surface area contributed by atoms with Crippen molar-refractivity contribution >= 4 is 26.8 Å². The van der Waals surface area contributed by atoms with E-state index < -0.39 is 27.0 Å². The molecular formula is C18H31NO7P2. The minimum Gasteiger partial charge on any atom is -0.326 e. The van der Waals surface area contributed by atoms with Crippen molar-refractivity contribution in [2.24, 2.45) is 5.92 Å². The molecule has 0 aromatic heterocycles. The van der Waals surface area contributed by atoms with Crippen LogP contribution in [0.15, 0.2) is 30.3 Å². The van der Waals surface area contributed by atoms with Gasteiger partial charge in [0.05, 0.1) is 44.7 Å². The van der Waals surface area contributed by atoms with Gasteiger partial charge in [0.2, 0.25) is 5.91 Å². The maximum absolute atomic E-state index is 13.0. The summed E-state index contributed by atoms with van der Waals surface area (Å²) in [5, 5.41) is 2.75. The standard InChI is InChI=1S/C18H31NO7P2/c1-5-23-27(21,24-6-2)14-16(15-28(22,25-7-3)26-8-4)18(20)19-17-12-10-9-11-13-17/h9-13,16H,5-8,14-15H2,1-4H3,(H,19,20). The quantitative estimate of drug-likeness (QED) is 0.420. The monoisotopic (exact) mass is 435 g/mol. The molecule has 0 saturated carbocycles. The normalized spacial score (nSPS) is 12.3. The van der Waals surface area contributed by atoms with E-state index in [0.717, 1.165) is 0 Å². The van der Waals surface area contributed by atoms with Crippen molar-refractivity contribution in [1.29, 1.82) is 0 Å². The summed E-state index contributed by atoms with van der Waals surface area (Å²) in [5.74, 6) is -1.40. The van der Waals surface area contributed by atoms with Crippen molar-refractivity contribution in [1.82, 2.24) is 0 Å². The molecule has 8 nitrogen and oxygen atoms in total. The number of para-hydroxylation sites is 1. The van der Waals surface area contributed by atoms with Crippen molar-refractivity contribution in [3.8, 4) is 0 Å². The largest absolute Gasteiger partial charge is 0.331 e. The molecule has 10 heteroatoms. The minimum absolute atomic E-state index is 0.166.